The molecule has 0 aliphatic carbocycles. The molecule has 0 amide bonds. The van der Waals surface area contributed by atoms with E-state index in [1.54, 1.807) is 12.1 Å². The van der Waals surface area contributed by atoms with Gasteiger partial charge in [-0.15, -0.1) is 0 Å². The molecule has 1 N–H and O–H groups in total. The number of pyridine rings is 1. The fourth-order valence-electron chi connectivity index (χ4n) is 1.52. The van der Waals surface area contributed by atoms with Crippen LogP contribution in [0.15, 0.2) is 24.4 Å². The van der Waals surface area contributed by atoms with Gasteiger partial charge in [0.15, 0.2) is 0 Å². The van der Waals surface area contributed by atoms with Crippen LogP contribution in [-0.2, 0) is 0 Å². The number of hydrogen-bond acceptors (Lipinski definition) is 2. The Bertz CT molecular complexity index is 552. The first-order valence-electron chi connectivity index (χ1n) is 4.38. The van der Waals surface area contributed by atoms with Crippen LogP contribution in [0.5, 0.6) is 0 Å². The van der Waals surface area contributed by atoms with Gasteiger partial charge in [0.25, 0.3) is 0 Å². The fraction of sp³-hybridized carbons (Fsp3) is 0.0909. The predicted molar refractivity (Wildman–Crippen MR) is 58.4 cm³/mol. The first kappa shape index (κ1) is 9.93. The lowest BCUT2D eigenvalue weighted by atomic mass is 10.1. The molecule has 1 heterocycles. The number of benzene rings is 1. The van der Waals surface area contributed by atoms with Gasteiger partial charge in [0.1, 0.15) is 0 Å². The summed E-state index contributed by atoms with van der Waals surface area (Å²) in [4.78, 5) is 15.1. The number of aryl methyl sites for hydroxylation is 1. The second-order valence-electron chi connectivity index (χ2n) is 3.23. The highest BCUT2D eigenvalue weighted by molar-refractivity contribution is 6.32. The summed E-state index contributed by atoms with van der Waals surface area (Å²) >= 11 is 5.93. The van der Waals surface area contributed by atoms with Gasteiger partial charge in [-0.05, 0) is 24.6 Å². The third-order valence-corrected chi connectivity index (χ3v) is 2.74. The molecule has 0 aliphatic rings. The van der Waals surface area contributed by atoms with E-state index in [2.05, 4.69) is 4.98 Å². The summed E-state index contributed by atoms with van der Waals surface area (Å²) in [6, 6.07) is 4.85. The summed E-state index contributed by atoms with van der Waals surface area (Å²) in [5.74, 6) is -0.955. The monoisotopic (exact) mass is 221 g/mol. The quantitative estimate of drug-likeness (QED) is 0.806. The molecular weight excluding hydrogens is 214 g/mol. The lowest BCUT2D eigenvalue weighted by Crippen LogP contribution is -1.99. The second-order valence-corrected chi connectivity index (χ2v) is 3.64. The van der Waals surface area contributed by atoms with E-state index in [0.717, 1.165) is 5.56 Å². The molecule has 0 radical (unpaired) electrons. The first-order valence-corrected chi connectivity index (χ1v) is 4.76. The third kappa shape index (κ3) is 1.55. The number of aromatic carboxylic acids is 1. The van der Waals surface area contributed by atoms with Crippen molar-refractivity contribution in [3.63, 3.8) is 0 Å². The molecule has 0 bridgehead atoms. The van der Waals surface area contributed by atoms with Crippen LogP contribution in [0.3, 0.4) is 0 Å². The maximum atomic E-state index is 11.0. The van der Waals surface area contributed by atoms with Crippen molar-refractivity contribution >= 4 is 28.5 Å². The molecule has 2 aromatic rings. The van der Waals surface area contributed by atoms with Gasteiger partial charge in [-0.25, -0.2) is 4.79 Å². The zero-order valence-electron chi connectivity index (χ0n) is 7.99. The largest absolute Gasteiger partial charge is 0.478 e. The van der Waals surface area contributed by atoms with Crippen molar-refractivity contribution in [2.24, 2.45) is 0 Å². The van der Waals surface area contributed by atoms with Crippen LogP contribution in [0, 0.1) is 6.92 Å². The maximum Gasteiger partial charge on any atom is 0.336 e. The summed E-state index contributed by atoms with van der Waals surface area (Å²) in [5, 5.41) is 10.2. The Kier molecular flexibility index (Phi) is 2.32. The minimum absolute atomic E-state index is 0.250. The van der Waals surface area contributed by atoms with Crippen LogP contribution in [0.25, 0.3) is 10.9 Å². The van der Waals surface area contributed by atoms with Crippen LogP contribution < -0.4 is 0 Å². The predicted octanol–water partition coefficient (Wildman–Crippen LogP) is 2.89. The van der Waals surface area contributed by atoms with Gasteiger partial charge in [0, 0.05) is 16.6 Å². The van der Waals surface area contributed by atoms with E-state index in [4.69, 9.17) is 16.7 Å². The van der Waals surface area contributed by atoms with Crippen molar-refractivity contribution < 1.29 is 9.90 Å². The fourth-order valence-corrected chi connectivity index (χ4v) is 1.67. The smallest absolute Gasteiger partial charge is 0.336 e. The first-order chi connectivity index (χ1) is 7.11. The maximum absolute atomic E-state index is 11.0. The highest BCUT2D eigenvalue weighted by atomic mass is 35.5. The molecule has 1 aromatic carbocycles. The minimum atomic E-state index is -0.955. The Labute approximate surface area is 91.3 Å². The minimum Gasteiger partial charge on any atom is -0.478 e. The number of hydrogen-bond donors (Lipinski definition) is 1. The Hall–Kier alpha value is -1.61. The normalized spacial score (nSPS) is 10.5. The average Bonchev–Trinajstić information content (AvgIpc) is 2.23. The Morgan fingerprint density at radius 1 is 1.40 bits per heavy atom. The Morgan fingerprint density at radius 3 is 2.80 bits per heavy atom. The van der Waals surface area contributed by atoms with E-state index in [1.807, 2.05) is 6.92 Å². The zero-order valence-corrected chi connectivity index (χ0v) is 8.75. The lowest BCUT2D eigenvalue weighted by Gasteiger charge is -2.05. The number of halogens is 1. The molecule has 0 spiro atoms. The van der Waals surface area contributed by atoms with Crippen LogP contribution in [-0.4, -0.2) is 16.1 Å². The van der Waals surface area contributed by atoms with Crippen molar-refractivity contribution in [2.45, 2.75) is 6.92 Å². The van der Waals surface area contributed by atoms with Crippen LogP contribution in [0.2, 0.25) is 5.02 Å². The third-order valence-electron chi connectivity index (χ3n) is 2.33. The van der Waals surface area contributed by atoms with Gasteiger partial charge in [0.2, 0.25) is 0 Å². The van der Waals surface area contributed by atoms with E-state index in [9.17, 15) is 4.79 Å². The second kappa shape index (κ2) is 3.51. The van der Waals surface area contributed by atoms with Crippen LogP contribution in [0.4, 0.5) is 0 Å². The van der Waals surface area contributed by atoms with E-state index in [-0.39, 0.29) is 5.56 Å². The molecule has 1 aromatic heterocycles. The van der Waals surface area contributed by atoms with Gasteiger partial charge < -0.3 is 5.11 Å². The van der Waals surface area contributed by atoms with Crippen LogP contribution in [0.1, 0.15) is 15.9 Å². The van der Waals surface area contributed by atoms with Gasteiger partial charge >= 0.3 is 5.97 Å². The summed E-state index contributed by atoms with van der Waals surface area (Å²) < 4.78 is 0. The molecule has 0 fully saturated rings. The van der Waals surface area contributed by atoms with Gasteiger partial charge in [-0.3, -0.25) is 4.98 Å². The lowest BCUT2D eigenvalue weighted by molar-refractivity contribution is 0.0699. The highest BCUT2D eigenvalue weighted by Crippen LogP contribution is 2.25. The molecule has 76 valence electrons. The van der Waals surface area contributed by atoms with E-state index >= 15 is 0 Å². The number of carboxylic acids is 1. The Balaban J connectivity index is 2.89. The molecular formula is C11H8ClNO2. The number of rotatable bonds is 1. The van der Waals surface area contributed by atoms with Gasteiger partial charge in [-0.2, -0.15) is 0 Å². The summed E-state index contributed by atoms with van der Waals surface area (Å²) in [6.45, 7) is 1.82. The van der Waals surface area contributed by atoms with Crippen molar-refractivity contribution in [2.75, 3.05) is 0 Å². The van der Waals surface area contributed by atoms with Crippen molar-refractivity contribution in [3.05, 3.63) is 40.5 Å². The molecule has 0 unspecified atom stereocenters. The van der Waals surface area contributed by atoms with Crippen molar-refractivity contribution in [1.29, 1.82) is 0 Å². The highest BCUT2D eigenvalue weighted by Gasteiger charge is 2.11. The molecule has 15 heavy (non-hydrogen) atoms. The van der Waals surface area contributed by atoms with E-state index in [0.29, 0.717) is 15.9 Å². The zero-order chi connectivity index (χ0) is 11.0. The number of fused-ring (bicyclic) bond motifs is 1. The number of nitrogens with zero attached hydrogens (tertiary/aromatic N) is 1. The molecule has 0 saturated heterocycles. The molecule has 3 nitrogen and oxygen atoms in total. The van der Waals surface area contributed by atoms with E-state index < -0.39 is 5.97 Å². The topological polar surface area (TPSA) is 50.2 Å². The molecule has 0 aliphatic heterocycles. The standard InChI is InChI=1S/C11H8ClNO2/c1-6-9(12)3-2-7-8(11(14)15)4-5-13-10(6)7/h2-5H,1H3,(H,14,15). The number of aromatic nitrogens is 1. The average molecular weight is 222 g/mol. The van der Waals surface area contributed by atoms with Gasteiger partial charge in [0.05, 0.1) is 11.1 Å². The number of carboxylic acid groups (broad SMARTS) is 1. The summed E-state index contributed by atoms with van der Waals surface area (Å²) in [5.41, 5.74) is 1.69. The van der Waals surface area contributed by atoms with E-state index in [1.165, 1.54) is 12.3 Å². The Morgan fingerprint density at radius 2 is 2.13 bits per heavy atom. The molecule has 2 rings (SSSR count). The van der Waals surface area contributed by atoms with Crippen molar-refractivity contribution in [3.8, 4) is 0 Å². The summed E-state index contributed by atoms with van der Waals surface area (Å²) in [6.07, 6.45) is 1.48. The van der Waals surface area contributed by atoms with Gasteiger partial charge in [-0.1, -0.05) is 17.7 Å². The van der Waals surface area contributed by atoms with Crippen LogP contribution >= 0.6 is 11.6 Å². The van der Waals surface area contributed by atoms with Crippen molar-refractivity contribution in [1.82, 2.24) is 4.98 Å². The molecule has 0 atom stereocenters. The SMILES string of the molecule is Cc1c(Cl)ccc2c(C(=O)O)ccnc12. The molecule has 0 saturated carbocycles. The number of carbonyl (C=O) groups is 1. The summed E-state index contributed by atoms with van der Waals surface area (Å²) in [7, 11) is 0. The molecule has 4 heteroatoms.